The molecule has 1 aromatic carbocycles. The molecular weight excluding hydrogens is 364 g/mol. The van der Waals surface area contributed by atoms with E-state index in [0.29, 0.717) is 29.3 Å². The van der Waals surface area contributed by atoms with Gasteiger partial charge in [-0.05, 0) is 46.3 Å². The molecule has 3 rings (SSSR count). The van der Waals surface area contributed by atoms with E-state index in [-0.39, 0.29) is 5.92 Å². The molecule has 28 heavy (non-hydrogen) atoms. The topological polar surface area (TPSA) is 27.7 Å². The van der Waals surface area contributed by atoms with Crippen molar-refractivity contribution in [3.05, 3.63) is 47.7 Å². The number of hydrogen-bond donors (Lipinski definition) is 0. The van der Waals surface area contributed by atoms with Crippen LogP contribution in [0.1, 0.15) is 66.4 Å². The fourth-order valence-electron chi connectivity index (χ4n) is 5.12. The van der Waals surface area contributed by atoms with Crippen molar-refractivity contribution in [3.8, 4) is 11.5 Å². The molecule has 0 aromatic heterocycles. The number of ether oxygens (including phenoxy) is 2. The molecule has 2 atom stereocenters. The lowest BCUT2D eigenvalue weighted by molar-refractivity contribution is 0.174. The highest BCUT2D eigenvalue weighted by atomic mass is 28.4. The van der Waals surface area contributed by atoms with Gasteiger partial charge in [0.05, 0.1) is 5.76 Å². The largest absolute Gasteiger partial charge is 0.546 e. The minimum atomic E-state index is -1.95. The van der Waals surface area contributed by atoms with E-state index < -0.39 is 8.32 Å². The first-order valence-electron chi connectivity index (χ1n) is 10.7. The van der Waals surface area contributed by atoms with E-state index >= 15 is 0 Å². The molecule has 1 aliphatic heterocycles. The summed E-state index contributed by atoms with van der Waals surface area (Å²) < 4.78 is 18.1. The Hall–Kier alpha value is -1.68. The van der Waals surface area contributed by atoms with E-state index in [1.807, 2.05) is 6.07 Å². The number of hydrogen-bond acceptors (Lipinski definition) is 3. The summed E-state index contributed by atoms with van der Waals surface area (Å²) in [5.41, 5.74) is 2.97. The smallest absolute Gasteiger partial charge is 0.258 e. The van der Waals surface area contributed by atoms with Gasteiger partial charge < -0.3 is 13.9 Å². The Balaban J connectivity index is 1.96. The molecule has 1 aliphatic carbocycles. The van der Waals surface area contributed by atoms with Gasteiger partial charge in [0.1, 0.15) is 0 Å². The summed E-state index contributed by atoms with van der Waals surface area (Å²) in [5.74, 6) is 3.53. The van der Waals surface area contributed by atoms with Crippen molar-refractivity contribution in [2.75, 3.05) is 6.79 Å². The van der Waals surface area contributed by atoms with E-state index in [0.717, 1.165) is 23.7 Å². The molecule has 0 spiro atoms. The molecule has 1 heterocycles. The van der Waals surface area contributed by atoms with Crippen LogP contribution in [0.2, 0.25) is 16.6 Å². The van der Waals surface area contributed by atoms with Gasteiger partial charge in [0.15, 0.2) is 11.5 Å². The average molecular weight is 401 g/mol. The van der Waals surface area contributed by atoms with Crippen molar-refractivity contribution in [3.63, 3.8) is 0 Å². The molecule has 4 heteroatoms. The van der Waals surface area contributed by atoms with Gasteiger partial charge in [-0.2, -0.15) is 0 Å². The van der Waals surface area contributed by atoms with E-state index in [1.165, 1.54) is 5.56 Å². The molecule has 0 saturated carbocycles. The van der Waals surface area contributed by atoms with Crippen molar-refractivity contribution in [1.29, 1.82) is 0 Å². The van der Waals surface area contributed by atoms with Crippen LogP contribution in [0.4, 0.5) is 0 Å². The third-order valence-electron chi connectivity index (χ3n) is 6.49. The van der Waals surface area contributed by atoms with Crippen LogP contribution in [-0.2, 0) is 4.43 Å². The maximum absolute atomic E-state index is 7.03. The lowest BCUT2D eigenvalue weighted by Crippen LogP contribution is -2.47. The van der Waals surface area contributed by atoms with Crippen LogP contribution in [0.3, 0.4) is 0 Å². The summed E-state index contributed by atoms with van der Waals surface area (Å²) in [6.45, 7) is 16.7. The zero-order valence-electron chi connectivity index (χ0n) is 18.5. The molecule has 0 radical (unpaired) electrons. The Morgan fingerprint density at radius 1 is 0.964 bits per heavy atom. The summed E-state index contributed by atoms with van der Waals surface area (Å²) in [7, 11) is -1.95. The van der Waals surface area contributed by atoms with Crippen LogP contribution in [0, 0.1) is 5.92 Å². The summed E-state index contributed by atoms with van der Waals surface area (Å²) in [4.78, 5) is 0. The van der Waals surface area contributed by atoms with E-state index in [2.05, 4.69) is 78.8 Å². The first-order chi connectivity index (χ1) is 13.3. The Morgan fingerprint density at radius 2 is 1.61 bits per heavy atom. The van der Waals surface area contributed by atoms with Crippen molar-refractivity contribution in [2.24, 2.45) is 5.92 Å². The minimum Gasteiger partial charge on any atom is -0.546 e. The van der Waals surface area contributed by atoms with Crippen molar-refractivity contribution >= 4 is 8.32 Å². The molecule has 0 N–H and O–H groups in total. The third kappa shape index (κ3) is 3.89. The van der Waals surface area contributed by atoms with E-state index in [1.54, 1.807) is 0 Å². The van der Waals surface area contributed by atoms with Gasteiger partial charge in [0.25, 0.3) is 8.32 Å². The predicted molar refractivity (Wildman–Crippen MR) is 118 cm³/mol. The van der Waals surface area contributed by atoms with Gasteiger partial charge in [0, 0.05) is 12.3 Å². The molecule has 2 unspecified atom stereocenters. The molecule has 1 aromatic rings. The van der Waals surface area contributed by atoms with E-state index in [9.17, 15) is 0 Å². The van der Waals surface area contributed by atoms with Crippen LogP contribution < -0.4 is 9.47 Å². The molecule has 0 bridgehead atoms. The second-order valence-electron chi connectivity index (χ2n) is 9.18. The summed E-state index contributed by atoms with van der Waals surface area (Å²) in [6, 6.07) is 6.33. The molecule has 154 valence electrons. The molecule has 3 nitrogen and oxygen atoms in total. The average Bonchev–Trinajstić information content (AvgIpc) is 3.02. The van der Waals surface area contributed by atoms with Crippen LogP contribution in [0.15, 0.2) is 42.2 Å². The van der Waals surface area contributed by atoms with Crippen molar-refractivity contribution < 1.29 is 13.9 Å². The zero-order chi connectivity index (χ0) is 20.5. The maximum Gasteiger partial charge on any atom is 0.258 e. The maximum atomic E-state index is 7.03. The molecule has 0 amide bonds. The van der Waals surface area contributed by atoms with Crippen LogP contribution in [-0.4, -0.2) is 15.1 Å². The predicted octanol–water partition coefficient (Wildman–Crippen LogP) is 7.17. The summed E-state index contributed by atoms with van der Waals surface area (Å²) in [5, 5.41) is 0. The van der Waals surface area contributed by atoms with Gasteiger partial charge in [-0.1, -0.05) is 66.7 Å². The number of fused-ring (bicyclic) bond motifs is 1. The highest BCUT2D eigenvalue weighted by Gasteiger charge is 2.47. The lowest BCUT2D eigenvalue weighted by atomic mass is 9.87. The van der Waals surface area contributed by atoms with Gasteiger partial charge in [-0.3, -0.25) is 0 Å². The monoisotopic (exact) mass is 400 g/mol. The molecule has 0 fully saturated rings. The Labute approximate surface area is 171 Å². The highest BCUT2D eigenvalue weighted by Crippen LogP contribution is 2.45. The normalized spacial score (nSPS) is 22.0. The third-order valence-corrected chi connectivity index (χ3v) is 12.5. The highest BCUT2D eigenvalue weighted by molar-refractivity contribution is 6.77. The van der Waals surface area contributed by atoms with Crippen molar-refractivity contribution in [2.45, 2.75) is 77.4 Å². The fourth-order valence-corrected chi connectivity index (χ4v) is 10.4. The second-order valence-corrected chi connectivity index (χ2v) is 14.6. The van der Waals surface area contributed by atoms with Gasteiger partial charge >= 0.3 is 0 Å². The number of benzene rings is 1. The minimum absolute atomic E-state index is 0.279. The zero-order valence-corrected chi connectivity index (χ0v) is 19.5. The first kappa shape index (κ1) is 21.0. The number of allylic oxidation sites excluding steroid dienone is 3. The Bertz CT molecular complexity index is 726. The summed E-state index contributed by atoms with van der Waals surface area (Å²) >= 11 is 0. The van der Waals surface area contributed by atoms with Gasteiger partial charge in [-0.15, -0.1) is 0 Å². The summed E-state index contributed by atoms with van der Waals surface area (Å²) in [6.07, 6.45) is 7.86. The molecular formula is C24H36O3Si. The van der Waals surface area contributed by atoms with Crippen LogP contribution >= 0.6 is 0 Å². The fraction of sp³-hybridized carbons (Fsp3) is 0.583. The number of rotatable bonds is 6. The lowest BCUT2D eigenvalue weighted by Gasteiger charge is -2.43. The van der Waals surface area contributed by atoms with Crippen LogP contribution in [0.5, 0.6) is 11.5 Å². The SMILES string of the molecule is CC1C=CCC(O[Si](C(C)C)(C(C)C)C(C)C)=CC1c1ccc2c(c1)OCO2. The van der Waals surface area contributed by atoms with Gasteiger partial charge in [0.2, 0.25) is 6.79 Å². The molecule has 0 saturated heterocycles. The quantitative estimate of drug-likeness (QED) is 0.374. The second kappa shape index (κ2) is 8.36. The molecule has 2 aliphatic rings. The van der Waals surface area contributed by atoms with Gasteiger partial charge in [-0.25, -0.2) is 0 Å². The van der Waals surface area contributed by atoms with Crippen LogP contribution in [0.25, 0.3) is 0 Å². The Morgan fingerprint density at radius 3 is 2.25 bits per heavy atom. The first-order valence-corrected chi connectivity index (χ1v) is 12.9. The van der Waals surface area contributed by atoms with Crippen molar-refractivity contribution in [1.82, 2.24) is 0 Å². The Kier molecular flexibility index (Phi) is 6.28. The van der Waals surface area contributed by atoms with E-state index in [4.69, 9.17) is 13.9 Å². The standard InChI is InChI=1S/C24H36O3Si/c1-16(2)28(17(3)4,18(5)6)27-21-10-8-9-19(7)22(14-21)20-11-12-23-24(13-20)26-15-25-23/h8-9,11-14,16-19,22H,10,15H2,1-7H3.